The minimum Gasteiger partial charge on any atom is -0.357 e. The minimum atomic E-state index is 0.0953. The summed E-state index contributed by atoms with van der Waals surface area (Å²) >= 11 is 3.41. The van der Waals surface area contributed by atoms with Gasteiger partial charge in [0.2, 0.25) is 0 Å². The molecule has 7 heteroatoms. The van der Waals surface area contributed by atoms with Crippen molar-refractivity contribution in [3.05, 3.63) is 32.2 Å². The van der Waals surface area contributed by atoms with Crippen molar-refractivity contribution in [3.8, 4) is 0 Å². The third-order valence-electron chi connectivity index (χ3n) is 3.01. The maximum absolute atomic E-state index is 4.68. The van der Waals surface area contributed by atoms with Gasteiger partial charge in [-0.05, 0) is 13.8 Å². The summed E-state index contributed by atoms with van der Waals surface area (Å²) in [4.78, 5) is 14.9. The van der Waals surface area contributed by atoms with E-state index in [0.29, 0.717) is 13.1 Å². The van der Waals surface area contributed by atoms with Crippen molar-refractivity contribution in [1.29, 1.82) is 0 Å². The van der Waals surface area contributed by atoms with Gasteiger partial charge in [0.1, 0.15) is 5.01 Å². The van der Waals surface area contributed by atoms with Gasteiger partial charge < -0.3 is 10.6 Å². The number of hydrogen-bond acceptors (Lipinski definition) is 5. The highest BCUT2D eigenvalue weighted by molar-refractivity contribution is 7.11. The van der Waals surface area contributed by atoms with E-state index >= 15 is 0 Å². The van der Waals surface area contributed by atoms with Gasteiger partial charge in [0, 0.05) is 28.4 Å². The predicted octanol–water partition coefficient (Wildman–Crippen LogP) is 3.46. The lowest BCUT2D eigenvalue weighted by Gasteiger charge is -2.13. The second kappa shape index (κ2) is 7.88. The first-order valence-electron chi connectivity index (χ1n) is 7.77. The second-order valence-electron chi connectivity index (χ2n) is 6.31. The highest BCUT2D eigenvalue weighted by Gasteiger charge is 2.17. The fourth-order valence-electron chi connectivity index (χ4n) is 1.87. The van der Waals surface area contributed by atoms with Crippen LogP contribution in [0, 0.1) is 6.92 Å². The van der Waals surface area contributed by atoms with Crippen molar-refractivity contribution >= 4 is 28.6 Å². The topological polar surface area (TPSA) is 62.2 Å². The molecule has 0 bridgehead atoms. The third kappa shape index (κ3) is 5.58. The van der Waals surface area contributed by atoms with Gasteiger partial charge in [0.25, 0.3) is 0 Å². The maximum atomic E-state index is 4.68. The number of aliphatic imine (C=N–C) groups is 1. The lowest BCUT2D eigenvalue weighted by molar-refractivity contribution is 0.583. The van der Waals surface area contributed by atoms with Crippen molar-refractivity contribution in [2.24, 2.45) is 4.99 Å². The Morgan fingerprint density at radius 1 is 1.30 bits per heavy atom. The molecule has 5 nitrogen and oxygen atoms in total. The van der Waals surface area contributed by atoms with E-state index in [9.17, 15) is 0 Å². The van der Waals surface area contributed by atoms with Gasteiger partial charge in [0.15, 0.2) is 5.96 Å². The van der Waals surface area contributed by atoms with Crippen molar-refractivity contribution in [3.63, 3.8) is 0 Å². The molecular weight excluding hydrogens is 326 g/mol. The summed E-state index contributed by atoms with van der Waals surface area (Å²) < 4.78 is 0. The number of hydrogen-bond donors (Lipinski definition) is 2. The predicted molar refractivity (Wildman–Crippen MR) is 99.3 cm³/mol. The molecule has 2 N–H and O–H groups in total. The van der Waals surface area contributed by atoms with Crippen molar-refractivity contribution in [1.82, 2.24) is 20.6 Å². The molecule has 23 heavy (non-hydrogen) atoms. The molecule has 0 amide bonds. The zero-order valence-corrected chi connectivity index (χ0v) is 16.1. The number of guanidine groups is 1. The fraction of sp³-hybridized carbons (Fsp3) is 0.562. The normalized spacial score (nSPS) is 12.5. The van der Waals surface area contributed by atoms with E-state index in [0.717, 1.165) is 28.2 Å². The van der Waals surface area contributed by atoms with Gasteiger partial charge in [-0.1, -0.05) is 20.8 Å². The van der Waals surface area contributed by atoms with Crippen LogP contribution in [0.3, 0.4) is 0 Å². The van der Waals surface area contributed by atoms with Crippen LogP contribution in [0.2, 0.25) is 0 Å². The first-order chi connectivity index (χ1) is 10.9. The van der Waals surface area contributed by atoms with Crippen molar-refractivity contribution in [2.45, 2.75) is 53.1 Å². The highest BCUT2D eigenvalue weighted by atomic mass is 32.1. The molecule has 0 saturated heterocycles. The number of aromatic nitrogens is 2. The molecule has 2 aromatic rings. The SMILES string of the molecule is CCNC(=NCc1csc(C(C)(C)C)n1)NCc1ncc(C)s1. The lowest BCUT2D eigenvalue weighted by atomic mass is 9.98. The van der Waals surface area contributed by atoms with Crippen LogP contribution in [0.15, 0.2) is 16.6 Å². The Morgan fingerprint density at radius 2 is 2.09 bits per heavy atom. The Morgan fingerprint density at radius 3 is 2.65 bits per heavy atom. The number of aryl methyl sites for hydroxylation is 1. The zero-order valence-electron chi connectivity index (χ0n) is 14.4. The molecule has 0 saturated carbocycles. The number of nitrogens with zero attached hydrogens (tertiary/aromatic N) is 3. The molecule has 0 atom stereocenters. The highest BCUT2D eigenvalue weighted by Crippen LogP contribution is 2.25. The Bertz CT molecular complexity index is 651. The van der Waals surface area contributed by atoms with E-state index < -0.39 is 0 Å². The molecule has 0 aliphatic carbocycles. The average Bonchev–Trinajstić information content (AvgIpc) is 3.10. The smallest absolute Gasteiger partial charge is 0.191 e. The summed E-state index contributed by atoms with van der Waals surface area (Å²) in [7, 11) is 0. The van der Waals surface area contributed by atoms with Crippen LogP contribution in [0.4, 0.5) is 0 Å². The van der Waals surface area contributed by atoms with Gasteiger partial charge in [-0.3, -0.25) is 0 Å². The van der Waals surface area contributed by atoms with Crippen LogP contribution in [0.5, 0.6) is 0 Å². The molecule has 0 unspecified atom stereocenters. The number of rotatable bonds is 5. The summed E-state index contributed by atoms with van der Waals surface area (Å²) in [6.45, 7) is 12.8. The third-order valence-corrected chi connectivity index (χ3v) is 5.24. The van der Waals surface area contributed by atoms with Gasteiger partial charge in [-0.2, -0.15) is 0 Å². The van der Waals surface area contributed by atoms with Crippen LogP contribution >= 0.6 is 22.7 Å². The Hall–Kier alpha value is -1.47. The van der Waals surface area contributed by atoms with Crippen LogP contribution < -0.4 is 10.6 Å². The van der Waals surface area contributed by atoms with Crippen LogP contribution in [0.25, 0.3) is 0 Å². The molecule has 0 spiro atoms. The molecule has 2 aromatic heterocycles. The summed E-state index contributed by atoms with van der Waals surface area (Å²) in [5.74, 6) is 0.797. The molecule has 126 valence electrons. The standard InChI is InChI=1S/C16H25N5S2/c1-6-17-15(20-9-13-18-7-11(2)23-13)19-8-12-10-22-14(21-12)16(3,4)5/h7,10H,6,8-9H2,1-5H3,(H2,17,19,20). The molecule has 2 rings (SSSR count). The van der Waals surface area contributed by atoms with E-state index in [1.807, 2.05) is 6.20 Å². The molecular formula is C16H25N5S2. The Labute approximate surface area is 146 Å². The first-order valence-corrected chi connectivity index (χ1v) is 9.46. The van der Waals surface area contributed by atoms with Crippen LogP contribution in [0.1, 0.15) is 48.3 Å². The summed E-state index contributed by atoms with van der Waals surface area (Å²) in [5.41, 5.74) is 1.11. The van der Waals surface area contributed by atoms with E-state index in [-0.39, 0.29) is 5.41 Å². The molecule has 0 radical (unpaired) electrons. The number of nitrogens with one attached hydrogen (secondary N) is 2. The van der Waals surface area contributed by atoms with Gasteiger partial charge >= 0.3 is 0 Å². The van der Waals surface area contributed by atoms with Crippen molar-refractivity contribution in [2.75, 3.05) is 6.54 Å². The largest absolute Gasteiger partial charge is 0.357 e. The number of thiazole rings is 2. The van der Waals surface area contributed by atoms with E-state index in [2.05, 4.69) is 65.6 Å². The second-order valence-corrected chi connectivity index (χ2v) is 8.48. The summed E-state index contributed by atoms with van der Waals surface area (Å²) in [6, 6.07) is 0. The molecule has 2 heterocycles. The Kier molecular flexibility index (Phi) is 6.12. The van der Waals surface area contributed by atoms with Crippen LogP contribution in [-0.2, 0) is 18.5 Å². The van der Waals surface area contributed by atoms with Crippen molar-refractivity contribution < 1.29 is 0 Å². The molecule has 0 fully saturated rings. The van der Waals surface area contributed by atoms with E-state index in [1.54, 1.807) is 22.7 Å². The molecule has 0 aliphatic rings. The molecule has 0 aromatic carbocycles. The van der Waals surface area contributed by atoms with Gasteiger partial charge in [-0.15, -0.1) is 22.7 Å². The monoisotopic (exact) mass is 351 g/mol. The lowest BCUT2D eigenvalue weighted by Crippen LogP contribution is -2.36. The zero-order chi connectivity index (χ0) is 16.9. The maximum Gasteiger partial charge on any atom is 0.191 e. The molecule has 0 aliphatic heterocycles. The van der Waals surface area contributed by atoms with Gasteiger partial charge in [-0.25, -0.2) is 15.0 Å². The van der Waals surface area contributed by atoms with Gasteiger partial charge in [0.05, 0.1) is 23.8 Å². The first kappa shape index (κ1) is 17.9. The van der Waals surface area contributed by atoms with E-state index in [4.69, 9.17) is 0 Å². The summed E-state index contributed by atoms with van der Waals surface area (Å²) in [5, 5.41) is 10.9. The van der Waals surface area contributed by atoms with E-state index in [1.165, 1.54) is 4.88 Å². The average molecular weight is 352 g/mol. The quantitative estimate of drug-likeness (QED) is 0.640. The van der Waals surface area contributed by atoms with Crippen LogP contribution in [-0.4, -0.2) is 22.5 Å². The minimum absolute atomic E-state index is 0.0953. The fourth-order valence-corrected chi connectivity index (χ4v) is 3.49. The Balaban J connectivity index is 1.96. The summed E-state index contributed by atoms with van der Waals surface area (Å²) in [6.07, 6.45) is 1.90.